The topological polar surface area (TPSA) is 84.7 Å². The summed E-state index contributed by atoms with van der Waals surface area (Å²) in [5.41, 5.74) is 1.66. The summed E-state index contributed by atoms with van der Waals surface area (Å²) in [4.78, 5) is 24.5. The summed E-state index contributed by atoms with van der Waals surface area (Å²) in [6, 6.07) is 9.40. The Kier molecular flexibility index (Phi) is 5.58. The summed E-state index contributed by atoms with van der Waals surface area (Å²) >= 11 is 0. The summed E-state index contributed by atoms with van der Waals surface area (Å²) in [5.74, 6) is 2.33. The number of unbranched alkanes of at least 4 members (excludes halogenated alkanes) is 1. The maximum absolute atomic E-state index is 11.8. The van der Waals surface area contributed by atoms with Crippen LogP contribution in [0.1, 0.15) is 32.0 Å². The number of aromatic nitrogens is 4. The van der Waals surface area contributed by atoms with Gasteiger partial charge in [0.1, 0.15) is 23.8 Å². The van der Waals surface area contributed by atoms with E-state index in [1.165, 1.54) is 6.33 Å². The lowest BCUT2D eigenvalue weighted by atomic mass is 10.2. The second kappa shape index (κ2) is 8.24. The number of rotatable bonds is 7. The molecular formula is C19H22N6O. The quantitative estimate of drug-likeness (QED) is 0.676. The van der Waals surface area contributed by atoms with E-state index in [0.717, 1.165) is 35.9 Å². The standard InChI is InChI=1S/C19H22N6O/c1-3-4-5-19(26)24-16-8-6-15(7-9-16)23-17-12-18(22-13-21-17)25-11-10-20-14(25)2/h6-13H,3-5H2,1-2H3,(H,24,26)(H,21,22,23). The van der Waals surface area contributed by atoms with Crippen molar-refractivity contribution in [3.63, 3.8) is 0 Å². The summed E-state index contributed by atoms with van der Waals surface area (Å²) in [6.45, 7) is 3.99. The molecule has 134 valence electrons. The number of amides is 1. The predicted molar refractivity (Wildman–Crippen MR) is 102 cm³/mol. The smallest absolute Gasteiger partial charge is 0.224 e. The fourth-order valence-corrected chi connectivity index (χ4v) is 2.51. The Balaban J connectivity index is 1.66. The second-order valence-electron chi connectivity index (χ2n) is 5.96. The Hall–Kier alpha value is -3.22. The molecule has 0 spiro atoms. The van der Waals surface area contributed by atoms with Crippen LogP contribution in [0.15, 0.2) is 49.1 Å². The first-order valence-electron chi connectivity index (χ1n) is 8.65. The molecule has 0 bridgehead atoms. The number of nitrogens with zero attached hydrogens (tertiary/aromatic N) is 4. The molecule has 1 amide bonds. The number of hydrogen-bond donors (Lipinski definition) is 2. The molecule has 2 aromatic heterocycles. The van der Waals surface area contributed by atoms with Gasteiger partial charge in [0.2, 0.25) is 5.91 Å². The van der Waals surface area contributed by atoms with E-state index in [-0.39, 0.29) is 5.91 Å². The van der Waals surface area contributed by atoms with Crippen molar-refractivity contribution in [1.29, 1.82) is 0 Å². The fraction of sp³-hybridized carbons (Fsp3) is 0.263. The van der Waals surface area contributed by atoms with Gasteiger partial charge in [-0.2, -0.15) is 0 Å². The van der Waals surface area contributed by atoms with Crippen LogP contribution in [0.3, 0.4) is 0 Å². The molecular weight excluding hydrogens is 328 g/mol. The van der Waals surface area contributed by atoms with Gasteiger partial charge >= 0.3 is 0 Å². The van der Waals surface area contributed by atoms with Gasteiger partial charge in [0.25, 0.3) is 0 Å². The first-order chi connectivity index (χ1) is 12.7. The van der Waals surface area contributed by atoms with E-state index in [2.05, 4.69) is 32.5 Å². The summed E-state index contributed by atoms with van der Waals surface area (Å²) in [5, 5.41) is 6.14. The zero-order chi connectivity index (χ0) is 18.4. The monoisotopic (exact) mass is 350 g/mol. The van der Waals surface area contributed by atoms with Gasteiger partial charge in [-0.05, 0) is 37.6 Å². The highest BCUT2D eigenvalue weighted by atomic mass is 16.1. The molecule has 2 heterocycles. The van der Waals surface area contributed by atoms with Crippen molar-refractivity contribution in [1.82, 2.24) is 19.5 Å². The number of aryl methyl sites for hydroxylation is 1. The number of carbonyl (C=O) groups excluding carboxylic acids is 1. The number of hydrogen-bond acceptors (Lipinski definition) is 5. The van der Waals surface area contributed by atoms with Crippen LogP contribution >= 0.6 is 0 Å². The molecule has 0 aliphatic rings. The van der Waals surface area contributed by atoms with Gasteiger partial charge in [0, 0.05) is 36.3 Å². The average molecular weight is 350 g/mol. The molecule has 7 heteroatoms. The van der Waals surface area contributed by atoms with Gasteiger partial charge in [-0.3, -0.25) is 9.36 Å². The third-order valence-corrected chi connectivity index (χ3v) is 3.92. The van der Waals surface area contributed by atoms with Gasteiger partial charge in [0.15, 0.2) is 0 Å². The van der Waals surface area contributed by atoms with Gasteiger partial charge in [-0.25, -0.2) is 15.0 Å². The predicted octanol–water partition coefficient (Wildman–Crippen LogP) is 3.84. The largest absolute Gasteiger partial charge is 0.340 e. The minimum absolute atomic E-state index is 0.0451. The minimum Gasteiger partial charge on any atom is -0.340 e. The first kappa shape index (κ1) is 17.6. The zero-order valence-electron chi connectivity index (χ0n) is 14.9. The third-order valence-electron chi connectivity index (χ3n) is 3.92. The van der Waals surface area contributed by atoms with Crippen LogP contribution in [0, 0.1) is 6.92 Å². The van der Waals surface area contributed by atoms with Crippen molar-refractivity contribution >= 4 is 23.1 Å². The van der Waals surface area contributed by atoms with Crippen LogP contribution in [0.4, 0.5) is 17.2 Å². The van der Waals surface area contributed by atoms with E-state index >= 15 is 0 Å². The van der Waals surface area contributed by atoms with Crippen molar-refractivity contribution in [3.05, 3.63) is 54.9 Å². The molecule has 3 aromatic rings. The lowest BCUT2D eigenvalue weighted by Gasteiger charge is -2.09. The second-order valence-corrected chi connectivity index (χ2v) is 5.96. The average Bonchev–Trinajstić information content (AvgIpc) is 3.08. The van der Waals surface area contributed by atoms with E-state index in [1.807, 2.05) is 48.0 Å². The highest BCUT2D eigenvalue weighted by Gasteiger charge is 2.05. The molecule has 2 N–H and O–H groups in total. The first-order valence-corrected chi connectivity index (χ1v) is 8.65. The van der Waals surface area contributed by atoms with Gasteiger partial charge in [-0.1, -0.05) is 13.3 Å². The Morgan fingerprint density at radius 3 is 2.58 bits per heavy atom. The number of nitrogens with one attached hydrogen (secondary N) is 2. The number of carbonyl (C=O) groups is 1. The Morgan fingerprint density at radius 2 is 1.88 bits per heavy atom. The molecule has 3 rings (SSSR count). The summed E-state index contributed by atoms with van der Waals surface area (Å²) < 4.78 is 1.89. The van der Waals surface area contributed by atoms with Crippen molar-refractivity contribution in [2.45, 2.75) is 33.1 Å². The molecule has 0 unspecified atom stereocenters. The molecule has 26 heavy (non-hydrogen) atoms. The maximum atomic E-state index is 11.8. The van der Waals surface area contributed by atoms with E-state index in [9.17, 15) is 4.79 Å². The van der Waals surface area contributed by atoms with E-state index in [0.29, 0.717) is 12.2 Å². The molecule has 1 aromatic carbocycles. The van der Waals surface area contributed by atoms with Crippen LogP contribution < -0.4 is 10.6 Å². The highest BCUT2D eigenvalue weighted by molar-refractivity contribution is 5.90. The number of anilines is 3. The molecule has 7 nitrogen and oxygen atoms in total. The van der Waals surface area contributed by atoms with Crippen molar-refractivity contribution in [3.8, 4) is 5.82 Å². The van der Waals surface area contributed by atoms with Crippen LogP contribution in [0.5, 0.6) is 0 Å². The Morgan fingerprint density at radius 1 is 1.12 bits per heavy atom. The van der Waals surface area contributed by atoms with Crippen LogP contribution in [-0.2, 0) is 4.79 Å². The molecule has 0 fully saturated rings. The molecule has 0 aliphatic heterocycles. The number of benzene rings is 1. The van der Waals surface area contributed by atoms with Crippen molar-refractivity contribution in [2.24, 2.45) is 0 Å². The molecule has 0 saturated carbocycles. The molecule has 0 saturated heterocycles. The maximum Gasteiger partial charge on any atom is 0.224 e. The van der Waals surface area contributed by atoms with Gasteiger partial charge in [0.05, 0.1) is 0 Å². The lowest BCUT2D eigenvalue weighted by Crippen LogP contribution is -2.10. The van der Waals surface area contributed by atoms with Crippen molar-refractivity contribution in [2.75, 3.05) is 10.6 Å². The summed E-state index contributed by atoms with van der Waals surface area (Å²) in [7, 11) is 0. The number of imidazole rings is 1. The van der Waals surface area contributed by atoms with Crippen LogP contribution in [0.25, 0.3) is 5.82 Å². The van der Waals surface area contributed by atoms with Gasteiger partial charge in [-0.15, -0.1) is 0 Å². The molecule has 0 atom stereocenters. The van der Waals surface area contributed by atoms with E-state index < -0.39 is 0 Å². The Bertz CT molecular complexity index is 872. The Labute approximate surface area is 152 Å². The van der Waals surface area contributed by atoms with Gasteiger partial charge < -0.3 is 10.6 Å². The molecule has 0 radical (unpaired) electrons. The highest BCUT2D eigenvalue weighted by Crippen LogP contribution is 2.19. The fourth-order valence-electron chi connectivity index (χ4n) is 2.51. The third kappa shape index (κ3) is 4.44. The molecule has 0 aliphatic carbocycles. The van der Waals surface area contributed by atoms with Crippen LogP contribution in [-0.4, -0.2) is 25.4 Å². The van der Waals surface area contributed by atoms with Crippen LogP contribution in [0.2, 0.25) is 0 Å². The zero-order valence-corrected chi connectivity index (χ0v) is 14.9. The summed E-state index contributed by atoms with van der Waals surface area (Å²) in [6.07, 6.45) is 7.57. The van der Waals surface area contributed by atoms with E-state index in [4.69, 9.17) is 0 Å². The lowest BCUT2D eigenvalue weighted by molar-refractivity contribution is -0.116. The van der Waals surface area contributed by atoms with Crippen molar-refractivity contribution < 1.29 is 4.79 Å². The SMILES string of the molecule is CCCCC(=O)Nc1ccc(Nc2cc(-n3ccnc3C)ncn2)cc1. The van der Waals surface area contributed by atoms with E-state index in [1.54, 1.807) is 6.20 Å². The minimum atomic E-state index is 0.0451. The normalized spacial score (nSPS) is 10.5.